The van der Waals surface area contributed by atoms with Gasteiger partial charge in [-0.2, -0.15) is 0 Å². The number of amides is 1. The summed E-state index contributed by atoms with van der Waals surface area (Å²) in [5, 5.41) is 0. The molecular weight excluding hydrogens is 410 g/mol. The Morgan fingerprint density at radius 1 is 0.968 bits per heavy atom. The molecular formula is C24H27N3O3S. The Morgan fingerprint density at radius 3 is 2.19 bits per heavy atom. The topological polar surface area (TPSA) is 102 Å². The number of sulfonamides is 1. The van der Waals surface area contributed by atoms with Gasteiger partial charge in [-0.05, 0) is 56.3 Å². The summed E-state index contributed by atoms with van der Waals surface area (Å²) in [6.07, 6.45) is 0. The average molecular weight is 438 g/mol. The molecule has 162 valence electrons. The Morgan fingerprint density at radius 2 is 1.61 bits per heavy atom. The molecule has 1 aromatic heterocycles. The van der Waals surface area contributed by atoms with E-state index in [1.807, 2.05) is 52.8 Å². The molecule has 0 atom stereocenters. The van der Waals surface area contributed by atoms with E-state index >= 15 is 0 Å². The monoisotopic (exact) mass is 437 g/mol. The second-order valence-electron chi connectivity index (χ2n) is 8.73. The van der Waals surface area contributed by atoms with E-state index < -0.39 is 15.9 Å². The van der Waals surface area contributed by atoms with Crippen molar-refractivity contribution in [3.05, 3.63) is 77.0 Å². The number of aryl methyl sites for hydroxylation is 2. The van der Waals surface area contributed by atoms with Gasteiger partial charge in [-0.25, -0.2) is 13.1 Å². The molecule has 3 N–H and O–H groups in total. The van der Waals surface area contributed by atoms with E-state index in [-0.39, 0.29) is 15.9 Å². The maximum absolute atomic E-state index is 13.1. The van der Waals surface area contributed by atoms with Gasteiger partial charge in [-0.3, -0.25) is 9.78 Å². The second-order valence-corrected chi connectivity index (χ2v) is 10.4. The number of rotatable bonds is 4. The van der Waals surface area contributed by atoms with E-state index in [9.17, 15) is 13.2 Å². The third kappa shape index (κ3) is 5.11. The van der Waals surface area contributed by atoms with Crippen LogP contribution in [0, 0.1) is 13.8 Å². The third-order valence-electron chi connectivity index (χ3n) is 4.80. The fourth-order valence-electron chi connectivity index (χ4n) is 3.31. The van der Waals surface area contributed by atoms with Gasteiger partial charge in [0.1, 0.15) is 0 Å². The van der Waals surface area contributed by atoms with Gasteiger partial charge in [0, 0.05) is 22.4 Å². The first-order chi connectivity index (χ1) is 14.4. The lowest BCUT2D eigenvalue weighted by Gasteiger charge is -2.20. The van der Waals surface area contributed by atoms with Crippen LogP contribution in [0.2, 0.25) is 0 Å². The van der Waals surface area contributed by atoms with Crippen LogP contribution in [0.4, 0.5) is 5.69 Å². The first-order valence-electron chi connectivity index (χ1n) is 9.90. The quantitative estimate of drug-likeness (QED) is 0.590. The van der Waals surface area contributed by atoms with Crippen molar-refractivity contribution in [3.63, 3.8) is 0 Å². The van der Waals surface area contributed by atoms with Crippen LogP contribution in [0.25, 0.3) is 11.3 Å². The predicted molar refractivity (Wildman–Crippen MR) is 123 cm³/mol. The maximum Gasteiger partial charge on any atom is 0.267 e. The van der Waals surface area contributed by atoms with Gasteiger partial charge in [0.05, 0.1) is 16.2 Å². The molecule has 0 aliphatic carbocycles. The molecule has 1 heterocycles. The number of pyridine rings is 1. The molecule has 0 unspecified atom stereocenters. The summed E-state index contributed by atoms with van der Waals surface area (Å²) in [6.45, 7) is 10.0. The SMILES string of the molecule is Cc1cc(C)cc(-c2nc(C(C)(C)C)ccc2C(=O)NS(=O)(=O)c2cccc(N)c2)c1. The van der Waals surface area contributed by atoms with Gasteiger partial charge < -0.3 is 5.73 Å². The normalized spacial score (nSPS) is 11.9. The van der Waals surface area contributed by atoms with Crippen molar-refractivity contribution in [2.45, 2.75) is 44.9 Å². The standard InChI is InChI=1S/C24H27N3O3S/c1-15-11-16(2)13-17(12-15)22-20(9-10-21(26-22)24(3,4)5)23(28)27-31(29,30)19-8-6-7-18(25)14-19/h6-14H,25H2,1-5H3,(H,27,28). The highest BCUT2D eigenvalue weighted by atomic mass is 32.2. The lowest BCUT2D eigenvalue weighted by atomic mass is 9.90. The van der Waals surface area contributed by atoms with Gasteiger partial charge in [-0.1, -0.05) is 44.0 Å². The molecule has 0 spiro atoms. The van der Waals surface area contributed by atoms with Gasteiger partial charge >= 0.3 is 0 Å². The zero-order valence-corrected chi connectivity index (χ0v) is 19.2. The number of carbonyl (C=O) groups excluding carboxylic acids is 1. The number of nitrogens with zero attached hydrogens (tertiary/aromatic N) is 1. The van der Waals surface area contributed by atoms with Crippen LogP contribution in [0.15, 0.2) is 59.5 Å². The Bertz CT molecular complexity index is 1240. The van der Waals surface area contributed by atoms with E-state index in [2.05, 4.69) is 4.72 Å². The van der Waals surface area contributed by atoms with Crippen molar-refractivity contribution in [1.29, 1.82) is 0 Å². The van der Waals surface area contributed by atoms with Crippen LogP contribution in [0.3, 0.4) is 0 Å². The minimum absolute atomic E-state index is 0.0759. The highest BCUT2D eigenvalue weighted by Crippen LogP contribution is 2.29. The molecule has 3 rings (SSSR count). The molecule has 0 saturated carbocycles. The van der Waals surface area contributed by atoms with Crippen LogP contribution in [0.5, 0.6) is 0 Å². The van der Waals surface area contributed by atoms with Gasteiger partial charge in [-0.15, -0.1) is 0 Å². The number of nitrogens with two attached hydrogens (primary N) is 1. The summed E-state index contributed by atoms with van der Waals surface area (Å²) >= 11 is 0. The van der Waals surface area contributed by atoms with Gasteiger partial charge in [0.25, 0.3) is 15.9 Å². The average Bonchev–Trinajstić information content (AvgIpc) is 2.65. The first kappa shape index (κ1) is 22.5. The van der Waals surface area contributed by atoms with Gasteiger partial charge in [0.15, 0.2) is 0 Å². The Hall–Kier alpha value is -3.19. The number of nitrogens with one attached hydrogen (secondary N) is 1. The minimum atomic E-state index is -4.09. The van der Waals surface area contributed by atoms with E-state index in [1.165, 1.54) is 18.2 Å². The van der Waals surface area contributed by atoms with Crippen LogP contribution >= 0.6 is 0 Å². The molecule has 31 heavy (non-hydrogen) atoms. The van der Waals surface area contributed by atoms with Crippen molar-refractivity contribution >= 4 is 21.6 Å². The van der Waals surface area contributed by atoms with Crippen molar-refractivity contribution in [3.8, 4) is 11.3 Å². The molecule has 3 aromatic rings. The van der Waals surface area contributed by atoms with E-state index in [0.717, 1.165) is 22.4 Å². The van der Waals surface area contributed by atoms with Gasteiger partial charge in [0.2, 0.25) is 0 Å². The molecule has 6 nitrogen and oxygen atoms in total. The molecule has 0 radical (unpaired) electrons. The zero-order chi connectivity index (χ0) is 23.0. The molecule has 7 heteroatoms. The largest absolute Gasteiger partial charge is 0.399 e. The summed E-state index contributed by atoms with van der Waals surface area (Å²) in [5.41, 5.74) is 9.99. The second kappa shape index (κ2) is 8.15. The maximum atomic E-state index is 13.1. The van der Waals surface area contributed by atoms with Crippen molar-refractivity contribution in [1.82, 2.24) is 9.71 Å². The van der Waals surface area contributed by atoms with Crippen molar-refractivity contribution in [2.75, 3.05) is 5.73 Å². The minimum Gasteiger partial charge on any atom is -0.399 e. The Balaban J connectivity index is 2.10. The lowest BCUT2D eigenvalue weighted by Crippen LogP contribution is -2.31. The van der Waals surface area contributed by atoms with Crippen molar-refractivity contribution in [2.24, 2.45) is 0 Å². The molecule has 0 aliphatic rings. The Kier molecular flexibility index (Phi) is 5.91. The fraction of sp³-hybridized carbons (Fsp3) is 0.250. The van der Waals surface area contributed by atoms with E-state index in [0.29, 0.717) is 11.4 Å². The summed E-state index contributed by atoms with van der Waals surface area (Å²) in [4.78, 5) is 17.8. The number of benzene rings is 2. The highest BCUT2D eigenvalue weighted by molar-refractivity contribution is 7.90. The lowest BCUT2D eigenvalue weighted by molar-refractivity contribution is 0.0981. The first-order valence-corrected chi connectivity index (χ1v) is 11.4. The van der Waals surface area contributed by atoms with Crippen LogP contribution in [-0.4, -0.2) is 19.3 Å². The number of aromatic nitrogens is 1. The number of anilines is 1. The molecule has 0 aliphatic heterocycles. The fourth-order valence-corrected chi connectivity index (χ4v) is 4.33. The predicted octanol–water partition coefficient (Wildman–Crippen LogP) is 4.36. The smallest absolute Gasteiger partial charge is 0.267 e. The number of hydrogen-bond acceptors (Lipinski definition) is 5. The summed E-state index contributed by atoms with van der Waals surface area (Å²) in [6, 6.07) is 15.1. The van der Waals surface area contributed by atoms with Crippen LogP contribution in [-0.2, 0) is 15.4 Å². The summed E-state index contributed by atoms with van der Waals surface area (Å²) in [5.74, 6) is -0.746. The molecule has 0 saturated heterocycles. The molecule has 0 bridgehead atoms. The molecule has 0 fully saturated rings. The van der Waals surface area contributed by atoms with E-state index in [4.69, 9.17) is 10.7 Å². The summed E-state index contributed by atoms with van der Waals surface area (Å²) < 4.78 is 27.6. The highest BCUT2D eigenvalue weighted by Gasteiger charge is 2.24. The van der Waals surface area contributed by atoms with Crippen molar-refractivity contribution < 1.29 is 13.2 Å². The zero-order valence-electron chi connectivity index (χ0n) is 18.4. The number of nitrogen functional groups attached to an aromatic ring is 1. The van der Waals surface area contributed by atoms with E-state index in [1.54, 1.807) is 18.2 Å². The van der Waals surface area contributed by atoms with Crippen LogP contribution in [0.1, 0.15) is 48.0 Å². The number of carbonyl (C=O) groups is 1. The van der Waals surface area contributed by atoms with Crippen LogP contribution < -0.4 is 10.5 Å². The number of hydrogen-bond donors (Lipinski definition) is 2. The Labute approximate surface area is 183 Å². The summed E-state index contributed by atoms with van der Waals surface area (Å²) in [7, 11) is -4.09. The molecule has 2 aromatic carbocycles. The third-order valence-corrected chi connectivity index (χ3v) is 6.13. The molecule has 1 amide bonds.